The maximum atomic E-state index is 12.9. The van der Waals surface area contributed by atoms with Gasteiger partial charge in [0.25, 0.3) is 5.91 Å². The Kier molecular flexibility index (Phi) is 7.62. The highest BCUT2D eigenvalue weighted by Gasteiger charge is 2.24. The number of carboxylic acid groups (broad SMARTS) is 1. The maximum absolute atomic E-state index is 12.9. The molecule has 0 aliphatic carbocycles. The van der Waals surface area contributed by atoms with Gasteiger partial charge in [-0.2, -0.15) is 9.78 Å². The van der Waals surface area contributed by atoms with Crippen LogP contribution in [0.15, 0.2) is 79.0 Å². The number of carbonyl (C=O) groups excluding carboxylic acids is 1. The lowest BCUT2D eigenvalue weighted by Crippen LogP contribution is -2.40. The van der Waals surface area contributed by atoms with Crippen molar-refractivity contribution in [1.29, 1.82) is 0 Å². The van der Waals surface area contributed by atoms with Crippen LogP contribution in [0.1, 0.15) is 22.5 Å². The molecule has 0 bridgehead atoms. The van der Waals surface area contributed by atoms with E-state index < -0.39 is 24.0 Å². The molecular weight excluding hydrogens is 484 g/mol. The summed E-state index contributed by atoms with van der Waals surface area (Å²) in [5.74, 6) is -1.97. The van der Waals surface area contributed by atoms with Gasteiger partial charge in [0.2, 0.25) is 5.88 Å². The van der Waals surface area contributed by atoms with Gasteiger partial charge in [-0.3, -0.25) is 4.79 Å². The highest BCUT2D eigenvalue weighted by molar-refractivity contribution is 6.30. The number of aliphatic hydroxyl groups excluding tert-OH is 1. The van der Waals surface area contributed by atoms with E-state index >= 15 is 0 Å². The number of hydrogen-bond acceptors (Lipinski definition) is 6. The fraction of sp³-hybridized carbons (Fsp3) is 0.154. The van der Waals surface area contributed by atoms with Crippen LogP contribution < -0.4 is 5.32 Å². The summed E-state index contributed by atoms with van der Waals surface area (Å²) in [6.07, 6.45) is -0.0967. The van der Waals surface area contributed by atoms with E-state index in [4.69, 9.17) is 16.7 Å². The van der Waals surface area contributed by atoms with Gasteiger partial charge in [0.1, 0.15) is 0 Å². The topological polar surface area (TPSA) is 138 Å². The van der Waals surface area contributed by atoms with Crippen LogP contribution in [0.5, 0.6) is 5.88 Å². The van der Waals surface area contributed by atoms with Crippen molar-refractivity contribution in [1.82, 2.24) is 20.1 Å². The molecule has 2 heterocycles. The lowest BCUT2D eigenvalue weighted by Gasteiger charge is -2.20. The number of hydrogen-bond donors (Lipinski definition) is 4. The quantitative estimate of drug-likeness (QED) is 0.273. The molecule has 2 aromatic carbocycles. The van der Waals surface area contributed by atoms with Crippen molar-refractivity contribution in [2.75, 3.05) is 0 Å². The lowest BCUT2D eigenvalue weighted by molar-refractivity contribution is -0.147. The van der Waals surface area contributed by atoms with E-state index in [9.17, 15) is 19.8 Å². The van der Waals surface area contributed by atoms with Gasteiger partial charge in [-0.15, -0.1) is 0 Å². The van der Waals surface area contributed by atoms with Crippen LogP contribution in [-0.4, -0.2) is 54.1 Å². The highest BCUT2D eigenvalue weighted by atomic mass is 35.5. The third-order valence-corrected chi connectivity index (χ3v) is 5.75. The summed E-state index contributed by atoms with van der Waals surface area (Å²) in [5, 5.41) is 36.8. The number of aliphatic hydroxyl groups is 1. The molecule has 1 amide bonds. The smallest absolute Gasteiger partial charge is 0.332 e. The fourth-order valence-electron chi connectivity index (χ4n) is 3.74. The minimum Gasteiger partial charge on any atom is -0.493 e. The Bertz CT molecular complexity index is 1360. The summed E-state index contributed by atoms with van der Waals surface area (Å²) in [7, 11) is 0. The van der Waals surface area contributed by atoms with Crippen LogP contribution in [0.4, 0.5) is 0 Å². The molecule has 10 heteroatoms. The third kappa shape index (κ3) is 6.07. The normalized spacial score (nSPS) is 12.6. The molecule has 9 nitrogen and oxygen atoms in total. The predicted octanol–water partition coefficient (Wildman–Crippen LogP) is 3.47. The molecular formula is C26H23ClN4O5. The van der Waals surface area contributed by atoms with Crippen molar-refractivity contribution in [3.05, 3.63) is 95.3 Å². The number of nitrogens with one attached hydrogen (secondary N) is 1. The van der Waals surface area contributed by atoms with Crippen LogP contribution >= 0.6 is 11.6 Å². The Morgan fingerprint density at radius 2 is 1.78 bits per heavy atom. The van der Waals surface area contributed by atoms with Gasteiger partial charge in [-0.25, -0.2) is 9.78 Å². The van der Waals surface area contributed by atoms with Crippen LogP contribution in [0, 0.1) is 0 Å². The number of pyridine rings is 1. The van der Waals surface area contributed by atoms with Gasteiger partial charge < -0.3 is 20.6 Å². The average Bonchev–Trinajstić information content (AvgIpc) is 3.26. The Morgan fingerprint density at radius 3 is 2.44 bits per heavy atom. The summed E-state index contributed by atoms with van der Waals surface area (Å²) in [6.45, 7) is 0. The van der Waals surface area contributed by atoms with Crippen molar-refractivity contribution < 1.29 is 24.9 Å². The molecule has 0 aliphatic heterocycles. The number of aliphatic carboxylic acids is 1. The van der Waals surface area contributed by atoms with Crippen molar-refractivity contribution in [3.63, 3.8) is 0 Å². The number of rotatable bonds is 9. The molecule has 0 spiro atoms. The molecule has 2 unspecified atom stereocenters. The van der Waals surface area contributed by atoms with Gasteiger partial charge in [-0.05, 0) is 47.4 Å². The summed E-state index contributed by atoms with van der Waals surface area (Å²) in [6, 6.07) is 20.5. The first-order valence-electron chi connectivity index (χ1n) is 11.1. The summed E-state index contributed by atoms with van der Waals surface area (Å²) in [4.78, 5) is 28.2. The first-order valence-corrected chi connectivity index (χ1v) is 11.4. The Morgan fingerprint density at radius 1 is 1.00 bits per heavy atom. The molecule has 2 aromatic heterocycles. The molecule has 0 aliphatic rings. The first-order chi connectivity index (χ1) is 17.3. The van der Waals surface area contributed by atoms with Crippen LogP contribution in [-0.2, 0) is 11.2 Å². The Hall–Kier alpha value is -4.21. The van der Waals surface area contributed by atoms with Gasteiger partial charge in [0.05, 0.1) is 0 Å². The van der Waals surface area contributed by atoms with Gasteiger partial charge >= 0.3 is 5.97 Å². The molecule has 0 fully saturated rings. The summed E-state index contributed by atoms with van der Waals surface area (Å²) < 4.78 is 1.12. The van der Waals surface area contributed by atoms with Crippen molar-refractivity contribution >= 4 is 23.5 Å². The first kappa shape index (κ1) is 24.9. The highest BCUT2D eigenvalue weighted by Crippen LogP contribution is 2.24. The zero-order chi connectivity index (χ0) is 25.7. The number of carboxylic acids is 1. The standard InChI is InChI=1S/C26H23ClN4O5/c27-19-5-3-4-18(13-19)17-9-7-16(8-10-17)12-20(14-22(32)26(35)36)29-25(34)21-15-24(33)31(30-21)23-6-1-2-11-28-23/h1-11,13,15,20,22,32-33H,12,14H2,(H,29,34)(H,35,36). The number of amides is 1. The lowest BCUT2D eigenvalue weighted by atomic mass is 9.97. The number of aromatic nitrogens is 3. The van der Waals surface area contributed by atoms with E-state index in [1.54, 1.807) is 24.3 Å². The number of carbonyl (C=O) groups is 2. The number of halogens is 1. The second-order valence-electron chi connectivity index (χ2n) is 8.16. The average molecular weight is 507 g/mol. The summed E-state index contributed by atoms with van der Waals surface area (Å²) in [5.41, 5.74) is 2.64. The Labute approximate surface area is 211 Å². The van der Waals surface area contributed by atoms with E-state index in [-0.39, 0.29) is 24.4 Å². The third-order valence-electron chi connectivity index (χ3n) is 5.51. The monoisotopic (exact) mass is 506 g/mol. The number of nitrogens with zero attached hydrogens (tertiary/aromatic N) is 3. The van der Waals surface area contributed by atoms with E-state index in [0.717, 1.165) is 21.4 Å². The zero-order valence-electron chi connectivity index (χ0n) is 19.0. The maximum Gasteiger partial charge on any atom is 0.332 e. The minimum atomic E-state index is -1.67. The van der Waals surface area contributed by atoms with Crippen molar-refractivity contribution in [3.8, 4) is 22.8 Å². The van der Waals surface area contributed by atoms with Crippen LogP contribution in [0.3, 0.4) is 0 Å². The number of benzene rings is 2. The molecule has 0 saturated heterocycles. The van der Waals surface area contributed by atoms with E-state index in [2.05, 4.69) is 15.4 Å². The molecule has 36 heavy (non-hydrogen) atoms. The Balaban J connectivity index is 1.51. The van der Waals surface area contributed by atoms with Crippen molar-refractivity contribution in [2.24, 2.45) is 0 Å². The van der Waals surface area contributed by atoms with Gasteiger partial charge in [-0.1, -0.05) is 54.1 Å². The molecule has 0 saturated carbocycles. The molecule has 0 radical (unpaired) electrons. The number of aromatic hydroxyl groups is 1. The predicted molar refractivity (Wildman–Crippen MR) is 133 cm³/mol. The molecule has 2 atom stereocenters. The molecule has 4 aromatic rings. The molecule has 4 rings (SSSR count). The SMILES string of the molecule is O=C(NC(Cc1ccc(-c2cccc(Cl)c2)cc1)CC(O)C(=O)O)c1cc(O)n(-c2ccccn2)n1. The van der Waals surface area contributed by atoms with Crippen molar-refractivity contribution in [2.45, 2.75) is 25.0 Å². The summed E-state index contributed by atoms with van der Waals surface area (Å²) >= 11 is 6.08. The van der Waals surface area contributed by atoms with E-state index in [1.165, 1.54) is 12.3 Å². The molecule has 184 valence electrons. The fourth-order valence-corrected chi connectivity index (χ4v) is 3.93. The van der Waals surface area contributed by atoms with E-state index in [1.807, 2.05) is 42.5 Å². The van der Waals surface area contributed by atoms with Gasteiger partial charge in [0, 0.05) is 29.7 Å². The minimum absolute atomic E-state index is 0.0794. The molecule has 4 N–H and O–H groups in total. The largest absolute Gasteiger partial charge is 0.493 e. The second-order valence-corrected chi connectivity index (χ2v) is 8.60. The van der Waals surface area contributed by atoms with Crippen LogP contribution in [0.2, 0.25) is 5.02 Å². The van der Waals surface area contributed by atoms with E-state index in [0.29, 0.717) is 10.8 Å². The van der Waals surface area contributed by atoms with Crippen LogP contribution in [0.25, 0.3) is 16.9 Å². The second kappa shape index (κ2) is 11.0. The van der Waals surface area contributed by atoms with Gasteiger partial charge in [0.15, 0.2) is 17.6 Å². The zero-order valence-corrected chi connectivity index (χ0v) is 19.7.